The second-order valence-electron chi connectivity index (χ2n) is 4.88. The van der Waals surface area contributed by atoms with Gasteiger partial charge in [-0.3, -0.25) is 0 Å². The van der Waals surface area contributed by atoms with E-state index < -0.39 is 0 Å². The average Bonchev–Trinajstić information content (AvgIpc) is 3.12. The Morgan fingerprint density at radius 3 is 2.76 bits per heavy atom. The van der Waals surface area contributed by atoms with E-state index in [1.165, 1.54) is 24.1 Å². The molecule has 0 aliphatic heterocycles. The van der Waals surface area contributed by atoms with E-state index in [0.29, 0.717) is 6.54 Å². The Bertz CT molecular complexity index is 413. The van der Waals surface area contributed by atoms with E-state index in [0.717, 1.165) is 12.5 Å². The predicted octanol–water partition coefficient (Wildman–Crippen LogP) is 2.56. The molecule has 0 unspecified atom stereocenters. The highest BCUT2D eigenvalue weighted by atomic mass is 15.1. The minimum atomic E-state index is 0.0469. The summed E-state index contributed by atoms with van der Waals surface area (Å²) in [5, 5.41) is 0. The quantitative estimate of drug-likeness (QED) is 0.785. The first-order valence-electron chi connectivity index (χ1n) is 6.25. The lowest BCUT2D eigenvalue weighted by Gasteiger charge is -2.26. The third kappa shape index (κ3) is 3.01. The fourth-order valence-electron chi connectivity index (χ4n) is 2.13. The molecule has 1 fully saturated rings. The lowest BCUT2D eigenvalue weighted by atomic mass is 10.1. The van der Waals surface area contributed by atoms with Crippen molar-refractivity contribution < 1.29 is 0 Å². The minimum absolute atomic E-state index is 0.0469. The molecule has 1 saturated carbocycles. The average molecular weight is 228 g/mol. The van der Waals surface area contributed by atoms with E-state index in [1.807, 2.05) is 13.0 Å². The Morgan fingerprint density at radius 2 is 2.18 bits per heavy atom. The lowest BCUT2D eigenvalue weighted by molar-refractivity contribution is 0.745. The highest BCUT2D eigenvalue weighted by Crippen LogP contribution is 2.33. The Morgan fingerprint density at radius 1 is 1.47 bits per heavy atom. The molecule has 2 heteroatoms. The smallest absolute Gasteiger partial charge is 0.0791 e. The first kappa shape index (κ1) is 12.0. The lowest BCUT2D eigenvalue weighted by Crippen LogP contribution is -2.28. The summed E-state index contributed by atoms with van der Waals surface area (Å²) >= 11 is 0. The molecule has 17 heavy (non-hydrogen) atoms. The van der Waals surface area contributed by atoms with Gasteiger partial charge in [0.15, 0.2) is 0 Å². The molecule has 2 rings (SSSR count). The minimum Gasteiger partial charge on any atom is -0.360 e. The van der Waals surface area contributed by atoms with Gasteiger partial charge in [-0.05, 0) is 37.3 Å². The summed E-state index contributed by atoms with van der Waals surface area (Å²) in [6, 6.07) is 8.35. The van der Waals surface area contributed by atoms with Crippen molar-refractivity contribution in [3.63, 3.8) is 0 Å². The summed E-state index contributed by atoms with van der Waals surface area (Å²) in [6.45, 7) is 3.75. The summed E-state index contributed by atoms with van der Waals surface area (Å²) in [4.78, 5) is 2.29. The fraction of sp³-hybridized carbons (Fsp3) is 0.467. The third-order valence-corrected chi connectivity index (χ3v) is 3.23. The van der Waals surface area contributed by atoms with Gasteiger partial charge in [0.2, 0.25) is 0 Å². The van der Waals surface area contributed by atoms with E-state index in [9.17, 15) is 0 Å². The third-order valence-electron chi connectivity index (χ3n) is 3.23. The van der Waals surface area contributed by atoms with E-state index in [1.54, 1.807) is 0 Å². The number of hydrogen-bond acceptors (Lipinski definition) is 2. The van der Waals surface area contributed by atoms with E-state index in [4.69, 9.17) is 12.2 Å². The van der Waals surface area contributed by atoms with Crippen LogP contribution in [-0.4, -0.2) is 13.1 Å². The van der Waals surface area contributed by atoms with Crippen molar-refractivity contribution >= 4 is 5.69 Å². The maximum atomic E-state index is 6.02. The number of nitrogens with two attached hydrogens (primary N) is 1. The van der Waals surface area contributed by atoms with Crippen molar-refractivity contribution in [3.05, 3.63) is 29.8 Å². The highest BCUT2D eigenvalue weighted by Gasteiger charge is 2.25. The first-order chi connectivity index (χ1) is 8.22. The Hall–Kier alpha value is -1.46. The fourth-order valence-corrected chi connectivity index (χ4v) is 2.13. The van der Waals surface area contributed by atoms with Crippen molar-refractivity contribution in [1.29, 1.82) is 0 Å². The van der Waals surface area contributed by atoms with Gasteiger partial charge in [-0.2, -0.15) is 0 Å². The van der Waals surface area contributed by atoms with Crippen LogP contribution in [0.3, 0.4) is 0 Å². The van der Waals surface area contributed by atoms with Gasteiger partial charge < -0.3 is 10.6 Å². The molecule has 2 nitrogen and oxygen atoms in total. The zero-order valence-corrected chi connectivity index (χ0v) is 10.4. The second kappa shape index (κ2) is 5.25. The van der Waals surface area contributed by atoms with Crippen LogP contribution >= 0.6 is 0 Å². The topological polar surface area (TPSA) is 29.3 Å². The molecule has 1 aromatic rings. The van der Waals surface area contributed by atoms with Gasteiger partial charge in [-0.1, -0.05) is 24.1 Å². The van der Waals surface area contributed by atoms with Gasteiger partial charge >= 0.3 is 0 Å². The number of para-hydroxylation sites is 1. The van der Waals surface area contributed by atoms with Crippen LogP contribution in [0.2, 0.25) is 0 Å². The highest BCUT2D eigenvalue weighted by molar-refractivity contribution is 5.55. The van der Waals surface area contributed by atoms with Gasteiger partial charge in [0, 0.05) is 18.3 Å². The van der Waals surface area contributed by atoms with E-state index in [-0.39, 0.29) is 6.04 Å². The van der Waals surface area contributed by atoms with Gasteiger partial charge in [-0.25, -0.2) is 0 Å². The molecule has 0 aromatic heterocycles. The molecule has 1 aliphatic carbocycles. The molecule has 2 N–H and O–H groups in total. The zero-order valence-electron chi connectivity index (χ0n) is 10.4. The summed E-state index contributed by atoms with van der Waals surface area (Å²) in [5.74, 6) is 3.57. The van der Waals surface area contributed by atoms with E-state index in [2.05, 4.69) is 29.0 Å². The monoisotopic (exact) mass is 228 g/mol. The van der Waals surface area contributed by atoms with Crippen LogP contribution in [0.25, 0.3) is 0 Å². The number of benzene rings is 1. The van der Waals surface area contributed by atoms with Crippen molar-refractivity contribution in [1.82, 2.24) is 0 Å². The number of terminal acetylenes is 1. The molecule has 90 valence electrons. The van der Waals surface area contributed by atoms with Gasteiger partial charge in [-0.15, -0.1) is 6.42 Å². The molecule has 1 atom stereocenters. The molecule has 1 aliphatic rings. The molecule has 0 radical (unpaired) electrons. The second-order valence-corrected chi connectivity index (χ2v) is 4.88. The van der Waals surface area contributed by atoms with Crippen LogP contribution in [0.1, 0.15) is 31.4 Å². The Balaban J connectivity index is 2.24. The maximum Gasteiger partial charge on any atom is 0.0791 e. The summed E-state index contributed by atoms with van der Waals surface area (Å²) in [5.41, 5.74) is 8.40. The summed E-state index contributed by atoms with van der Waals surface area (Å²) in [7, 11) is 0. The SMILES string of the molecule is C#CCN(CC1CC1)c1ccccc1[C@@H](C)N. The zero-order chi connectivity index (χ0) is 12.3. The summed E-state index contributed by atoms with van der Waals surface area (Å²) < 4.78 is 0. The largest absolute Gasteiger partial charge is 0.360 e. The summed E-state index contributed by atoms with van der Waals surface area (Å²) in [6.07, 6.45) is 8.14. The predicted molar refractivity (Wildman–Crippen MR) is 72.8 cm³/mol. The number of hydrogen-bond donors (Lipinski definition) is 1. The molecule has 0 heterocycles. The number of nitrogens with zero attached hydrogens (tertiary/aromatic N) is 1. The molecule has 1 aromatic carbocycles. The van der Waals surface area contributed by atoms with Crippen molar-refractivity contribution in [2.24, 2.45) is 11.7 Å². The van der Waals surface area contributed by atoms with Gasteiger partial charge in [0.1, 0.15) is 0 Å². The Kier molecular flexibility index (Phi) is 3.71. The molecule has 0 bridgehead atoms. The molecular weight excluding hydrogens is 208 g/mol. The Labute approximate surface area is 104 Å². The standard InChI is InChI=1S/C15H20N2/c1-3-10-17(11-13-8-9-13)15-7-5-4-6-14(15)12(2)16/h1,4-7,12-13H,8-11,16H2,2H3/t12-/m1/s1. The van der Waals surface area contributed by atoms with Crippen molar-refractivity contribution in [3.8, 4) is 12.3 Å². The van der Waals surface area contributed by atoms with Gasteiger partial charge in [0.25, 0.3) is 0 Å². The number of anilines is 1. The molecular formula is C15H20N2. The van der Waals surface area contributed by atoms with E-state index >= 15 is 0 Å². The molecule has 0 amide bonds. The van der Waals surface area contributed by atoms with Gasteiger partial charge in [0.05, 0.1) is 6.54 Å². The molecule has 0 saturated heterocycles. The number of rotatable bonds is 5. The molecule has 0 spiro atoms. The van der Waals surface area contributed by atoms with Crippen LogP contribution in [0, 0.1) is 18.3 Å². The van der Waals surface area contributed by atoms with Crippen molar-refractivity contribution in [2.75, 3.05) is 18.0 Å². The van der Waals surface area contributed by atoms with Crippen molar-refractivity contribution in [2.45, 2.75) is 25.8 Å². The van der Waals surface area contributed by atoms with Crippen LogP contribution in [-0.2, 0) is 0 Å². The van der Waals surface area contributed by atoms with Crippen LogP contribution < -0.4 is 10.6 Å². The first-order valence-corrected chi connectivity index (χ1v) is 6.25. The van der Waals surface area contributed by atoms with Crippen LogP contribution in [0.4, 0.5) is 5.69 Å². The maximum absolute atomic E-state index is 6.02. The van der Waals surface area contributed by atoms with Crippen LogP contribution in [0.15, 0.2) is 24.3 Å². The normalized spacial score (nSPS) is 16.3. The van der Waals surface area contributed by atoms with Crippen LogP contribution in [0.5, 0.6) is 0 Å².